The molecule has 0 spiro atoms. The highest BCUT2D eigenvalue weighted by Crippen LogP contribution is 2.31. The van der Waals surface area contributed by atoms with Gasteiger partial charge in [-0.1, -0.05) is 54.6 Å². The number of benzene rings is 2. The third-order valence-electron chi connectivity index (χ3n) is 4.28. The number of hydrogen-bond acceptors (Lipinski definition) is 4. The summed E-state index contributed by atoms with van der Waals surface area (Å²) in [5, 5.41) is 10.1. The van der Waals surface area contributed by atoms with Crippen LogP contribution in [0.1, 0.15) is 18.4 Å². The molecule has 132 valence electrons. The molecule has 0 aliphatic heterocycles. The van der Waals surface area contributed by atoms with E-state index in [2.05, 4.69) is 0 Å². The third kappa shape index (κ3) is 4.57. The van der Waals surface area contributed by atoms with Gasteiger partial charge in [-0.25, -0.2) is 8.42 Å². The molecule has 0 amide bonds. The number of aliphatic hydroxyl groups is 1. The van der Waals surface area contributed by atoms with Gasteiger partial charge in [0.05, 0.1) is 24.2 Å². The molecule has 0 aromatic heterocycles. The van der Waals surface area contributed by atoms with Gasteiger partial charge in [-0.2, -0.15) is 0 Å². The Kier molecular flexibility index (Phi) is 5.68. The van der Waals surface area contributed by atoms with Crippen molar-refractivity contribution < 1.29 is 18.3 Å². The normalized spacial score (nSPS) is 20.9. The standard InChI is InChI=1S/C20H22O4S/c21-18-11-17(15-24-14-16-7-3-1-4-8-16)12-20(13-18)25(22,23)19-9-5-2-6-10-19/h1-10,12,17-18,21H,11,13-15H2/t17-,18-/m0/s1. The van der Waals surface area contributed by atoms with Gasteiger partial charge in [0.1, 0.15) is 0 Å². The van der Waals surface area contributed by atoms with Crippen LogP contribution < -0.4 is 0 Å². The molecular formula is C20H22O4S. The average Bonchev–Trinajstić information content (AvgIpc) is 2.63. The smallest absolute Gasteiger partial charge is 0.202 e. The second kappa shape index (κ2) is 7.95. The van der Waals surface area contributed by atoms with E-state index in [0.29, 0.717) is 19.6 Å². The Morgan fingerprint density at radius 3 is 2.32 bits per heavy atom. The van der Waals surface area contributed by atoms with Crippen LogP contribution in [0.3, 0.4) is 0 Å². The van der Waals surface area contributed by atoms with E-state index < -0.39 is 15.9 Å². The molecule has 0 heterocycles. The van der Waals surface area contributed by atoms with Crippen LogP contribution in [0.15, 0.2) is 76.5 Å². The summed E-state index contributed by atoms with van der Waals surface area (Å²) in [5.74, 6) is -0.110. The molecule has 3 rings (SSSR count). The summed E-state index contributed by atoms with van der Waals surface area (Å²) in [6.07, 6.45) is 1.76. The van der Waals surface area contributed by atoms with Crippen LogP contribution in [0.25, 0.3) is 0 Å². The molecule has 2 atom stereocenters. The van der Waals surface area contributed by atoms with Gasteiger partial charge in [0.15, 0.2) is 0 Å². The fraction of sp³-hybridized carbons (Fsp3) is 0.300. The number of aliphatic hydroxyl groups excluding tert-OH is 1. The molecule has 1 N–H and O–H groups in total. The number of ether oxygens (including phenoxy) is 1. The molecule has 25 heavy (non-hydrogen) atoms. The van der Waals surface area contributed by atoms with Crippen LogP contribution in [-0.2, 0) is 21.2 Å². The summed E-state index contributed by atoms with van der Waals surface area (Å²) >= 11 is 0. The van der Waals surface area contributed by atoms with E-state index >= 15 is 0 Å². The van der Waals surface area contributed by atoms with Crippen molar-refractivity contribution in [2.24, 2.45) is 5.92 Å². The lowest BCUT2D eigenvalue weighted by molar-refractivity contribution is 0.0695. The molecule has 4 nitrogen and oxygen atoms in total. The van der Waals surface area contributed by atoms with Gasteiger partial charge in [-0.3, -0.25) is 0 Å². The van der Waals surface area contributed by atoms with Crippen molar-refractivity contribution in [3.8, 4) is 0 Å². The lowest BCUT2D eigenvalue weighted by Crippen LogP contribution is -2.25. The number of sulfone groups is 1. The van der Waals surface area contributed by atoms with Gasteiger partial charge in [0, 0.05) is 17.2 Å². The van der Waals surface area contributed by atoms with Crippen molar-refractivity contribution in [2.75, 3.05) is 6.61 Å². The maximum Gasteiger partial charge on any atom is 0.202 e. The topological polar surface area (TPSA) is 63.6 Å². The summed E-state index contributed by atoms with van der Waals surface area (Å²) in [5.41, 5.74) is 1.07. The quantitative estimate of drug-likeness (QED) is 0.860. The number of hydrogen-bond donors (Lipinski definition) is 1. The van der Waals surface area contributed by atoms with E-state index in [1.165, 1.54) is 0 Å². The Morgan fingerprint density at radius 2 is 1.64 bits per heavy atom. The fourth-order valence-corrected chi connectivity index (χ4v) is 4.63. The van der Waals surface area contributed by atoms with Crippen molar-refractivity contribution >= 4 is 9.84 Å². The van der Waals surface area contributed by atoms with E-state index in [0.717, 1.165) is 5.56 Å². The molecule has 5 heteroatoms. The fourth-order valence-electron chi connectivity index (χ4n) is 3.03. The van der Waals surface area contributed by atoms with Crippen LogP contribution in [0.2, 0.25) is 0 Å². The predicted octanol–water partition coefficient (Wildman–Crippen LogP) is 3.33. The lowest BCUT2D eigenvalue weighted by atomic mass is 9.94. The zero-order valence-electron chi connectivity index (χ0n) is 13.9. The molecule has 0 fully saturated rings. The molecule has 1 aliphatic carbocycles. The Labute approximate surface area is 148 Å². The van der Waals surface area contributed by atoms with Gasteiger partial charge in [-0.15, -0.1) is 0 Å². The Balaban J connectivity index is 1.70. The SMILES string of the molecule is O=S(=O)(C1=C[C@@H](COCc2ccccc2)C[C@H](O)C1)c1ccccc1. The second-order valence-electron chi connectivity index (χ2n) is 6.30. The molecule has 0 radical (unpaired) electrons. The van der Waals surface area contributed by atoms with Crippen molar-refractivity contribution in [3.05, 3.63) is 77.2 Å². The minimum absolute atomic E-state index is 0.110. The maximum absolute atomic E-state index is 12.8. The van der Waals surface area contributed by atoms with Crippen molar-refractivity contribution in [2.45, 2.75) is 30.4 Å². The molecule has 0 bridgehead atoms. The van der Waals surface area contributed by atoms with Gasteiger partial charge in [0.2, 0.25) is 9.84 Å². The molecular weight excluding hydrogens is 336 g/mol. The summed E-state index contributed by atoms with van der Waals surface area (Å²) in [6.45, 7) is 0.863. The summed E-state index contributed by atoms with van der Waals surface area (Å²) in [7, 11) is -3.56. The Hall–Kier alpha value is -1.95. The van der Waals surface area contributed by atoms with Gasteiger partial charge < -0.3 is 9.84 Å². The largest absolute Gasteiger partial charge is 0.393 e. The van der Waals surface area contributed by atoms with Crippen LogP contribution in [0.5, 0.6) is 0 Å². The number of rotatable bonds is 6. The van der Waals surface area contributed by atoms with E-state index in [4.69, 9.17) is 4.74 Å². The highest BCUT2D eigenvalue weighted by atomic mass is 32.2. The van der Waals surface area contributed by atoms with Gasteiger partial charge >= 0.3 is 0 Å². The van der Waals surface area contributed by atoms with Crippen LogP contribution in [-0.4, -0.2) is 26.2 Å². The highest BCUT2D eigenvalue weighted by Gasteiger charge is 2.29. The molecule has 0 saturated carbocycles. The molecule has 0 saturated heterocycles. The van der Waals surface area contributed by atoms with E-state index in [1.54, 1.807) is 36.4 Å². The Morgan fingerprint density at radius 1 is 1.00 bits per heavy atom. The van der Waals surface area contributed by atoms with Crippen molar-refractivity contribution in [3.63, 3.8) is 0 Å². The molecule has 2 aromatic rings. The zero-order valence-corrected chi connectivity index (χ0v) is 14.7. The second-order valence-corrected chi connectivity index (χ2v) is 8.31. The minimum Gasteiger partial charge on any atom is -0.393 e. The minimum atomic E-state index is -3.56. The molecule has 1 aliphatic rings. The summed E-state index contributed by atoms with van der Waals surface area (Å²) in [6, 6.07) is 18.2. The third-order valence-corrected chi connectivity index (χ3v) is 6.16. The monoisotopic (exact) mass is 358 g/mol. The van der Waals surface area contributed by atoms with Gasteiger partial charge in [0.25, 0.3) is 0 Å². The van der Waals surface area contributed by atoms with Crippen molar-refractivity contribution in [1.82, 2.24) is 0 Å². The van der Waals surface area contributed by atoms with Crippen LogP contribution in [0.4, 0.5) is 0 Å². The first-order chi connectivity index (χ1) is 12.1. The summed E-state index contributed by atoms with van der Waals surface area (Å²) < 4.78 is 31.2. The first-order valence-corrected chi connectivity index (χ1v) is 9.84. The summed E-state index contributed by atoms with van der Waals surface area (Å²) in [4.78, 5) is 0.546. The van der Waals surface area contributed by atoms with Crippen LogP contribution >= 0.6 is 0 Å². The lowest BCUT2D eigenvalue weighted by Gasteiger charge is -2.25. The predicted molar refractivity (Wildman–Crippen MR) is 96.5 cm³/mol. The highest BCUT2D eigenvalue weighted by molar-refractivity contribution is 7.95. The average molecular weight is 358 g/mol. The van der Waals surface area contributed by atoms with E-state index in [-0.39, 0.29) is 22.1 Å². The zero-order chi connectivity index (χ0) is 17.7. The first-order valence-electron chi connectivity index (χ1n) is 8.36. The van der Waals surface area contributed by atoms with E-state index in [1.807, 2.05) is 30.3 Å². The van der Waals surface area contributed by atoms with Crippen molar-refractivity contribution in [1.29, 1.82) is 0 Å². The van der Waals surface area contributed by atoms with E-state index in [9.17, 15) is 13.5 Å². The molecule has 0 unspecified atom stereocenters. The first kappa shape index (κ1) is 17.9. The maximum atomic E-state index is 12.8. The van der Waals surface area contributed by atoms with Gasteiger partial charge in [-0.05, 0) is 24.1 Å². The molecule has 2 aromatic carbocycles. The Bertz CT molecular complexity index is 813. The van der Waals surface area contributed by atoms with Crippen LogP contribution in [0, 0.1) is 5.92 Å².